The summed E-state index contributed by atoms with van der Waals surface area (Å²) in [4.78, 5) is 32.3. The van der Waals surface area contributed by atoms with Crippen molar-refractivity contribution in [2.24, 2.45) is 0 Å². The van der Waals surface area contributed by atoms with Crippen LogP contribution in [-0.2, 0) is 4.79 Å². The van der Waals surface area contributed by atoms with Crippen LogP contribution in [0.2, 0.25) is 0 Å². The second kappa shape index (κ2) is 5.66. The largest absolute Gasteiger partial charge is 0.507 e. The number of ether oxygens (including phenoxy) is 1. The molecule has 25 heavy (non-hydrogen) atoms. The minimum atomic E-state index is -0.415. The van der Waals surface area contributed by atoms with Crippen LogP contribution >= 0.6 is 0 Å². The molecule has 124 valence electrons. The second-order valence-electron chi connectivity index (χ2n) is 5.97. The minimum Gasteiger partial charge on any atom is -0.507 e. The molecule has 1 aromatic heterocycles. The summed E-state index contributed by atoms with van der Waals surface area (Å²) in [5.74, 6) is -0.904. The number of phenolic OH excluding ortho intramolecular Hbond substituents is 1. The highest BCUT2D eigenvalue weighted by atomic mass is 16.5. The monoisotopic (exact) mass is 334 g/mol. The molecule has 1 atom stereocenters. The first-order chi connectivity index (χ1) is 12.0. The Bertz CT molecular complexity index is 1030. The van der Waals surface area contributed by atoms with Crippen molar-refractivity contribution in [1.29, 1.82) is 0 Å². The van der Waals surface area contributed by atoms with E-state index < -0.39 is 5.92 Å². The van der Waals surface area contributed by atoms with Crippen molar-refractivity contribution in [2.45, 2.75) is 19.3 Å². The number of Topliss-reactive ketones (excluding diaryl/α,β-unsaturated/α-hetero) is 1. The van der Waals surface area contributed by atoms with Crippen molar-refractivity contribution < 1.29 is 19.4 Å². The van der Waals surface area contributed by atoms with E-state index in [0.717, 1.165) is 11.1 Å². The number of hydrogen-bond donors (Lipinski definition) is 1. The van der Waals surface area contributed by atoms with Gasteiger partial charge < -0.3 is 9.84 Å². The predicted octanol–water partition coefficient (Wildman–Crippen LogP) is 2.98. The highest BCUT2D eigenvalue weighted by Gasteiger charge is 2.33. The van der Waals surface area contributed by atoms with E-state index in [1.54, 1.807) is 18.5 Å². The summed E-state index contributed by atoms with van der Waals surface area (Å²) in [6.45, 7) is 1.39. The molecule has 6 heteroatoms. The summed E-state index contributed by atoms with van der Waals surface area (Å²) in [5, 5.41) is 10.6. The third-order valence-corrected chi connectivity index (χ3v) is 4.40. The topological polar surface area (TPSA) is 89.4 Å². The summed E-state index contributed by atoms with van der Waals surface area (Å²) >= 11 is 0. The maximum absolute atomic E-state index is 12.0. The molecule has 0 aliphatic carbocycles. The van der Waals surface area contributed by atoms with Gasteiger partial charge in [-0.25, -0.2) is 0 Å². The molecule has 0 fully saturated rings. The van der Waals surface area contributed by atoms with Crippen LogP contribution in [0.4, 0.5) is 0 Å². The third-order valence-electron chi connectivity index (χ3n) is 4.40. The maximum atomic E-state index is 12.0. The molecule has 4 rings (SSSR count). The predicted molar refractivity (Wildman–Crippen MR) is 89.7 cm³/mol. The van der Waals surface area contributed by atoms with E-state index in [4.69, 9.17) is 4.74 Å². The minimum absolute atomic E-state index is 0.0771. The zero-order valence-electron chi connectivity index (χ0n) is 13.4. The molecule has 6 nitrogen and oxygen atoms in total. The fourth-order valence-electron chi connectivity index (χ4n) is 3.21. The lowest BCUT2D eigenvalue weighted by Crippen LogP contribution is -2.21. The molecule has 0 saturated heterocycles. The molecule has 1 N–H and O–H groups in total. The first-order valence-electron chi connectivity index (χ1n) is 7.82. The molecule has 0 bridgehead atoms. The van der Waals surface area contributed by atoms with Crippen LogP contribution in [0.3, 0.4) is 0 Å². The van der Waals surface area contributed by atoms with Crippen LogP contribution in [0.15, 0.2) is 42.7 Å². The van der Waals surface area contributed by atoms with Gasteiger partial charge >= 0.3 is 5.97 Å². The number of ketones is 1. The van der Waals surface area contributed by atoms with Crippen molar-refractivity contribution >= 4 is 22.8 Å². The van der Waals surface area contributed by atoms with Crippen LogP contribution in [0, 0.1) is 0 Å². The van der Waals surface area contributed by atoms with Crippen molar-refractivity contribution in [3.8, 4) is 11.5 Å². The zero-order chi connectivity index (χ0) is 17.6. The van der Waals surface area contributed by atoms with Crippen LogP contribution < -0.4 is 4.74 Å². The Morgan fingerprint density at radius 2 is 1.92 bits per heavy atom. The molecule has 3 aromatic rings. The van der Waals surface area contributed by atoms with Crippen LogP contribution in [0.5, 0.6) is 11.5 Å². The lowest BCUT2D eigenvalue weighted by Gasteiger charge is -2.26. The number of phenols is 1. The number of benzene rings is 2. The van der Waals surface area contributed by atoms with Gasteiger partial charge in [0.05, 0.1) is 23.0 Å². The number of fused-ring (bicyclic) bond motifs is 2. The Morgan fingerprint density at radius 1 is 1.16 bits per heavy atom. The number of nitrogens with zero attached hydrogens (tertiary/aromatic N) is 2. The van der Waals surface area contributed by atoms with Gasteiger partial charge in [0.2, 0.25) is 0 Å². The molecule has 2 aromatic carbocycles. The van der Waals surface area contributed by atoms with Gasteiger partial charge in [-0.15, -0.1) is 0 Å². The second-order valence-corrected chi connectivity index (χ2v) is 5.97. The highest BCUT2D eigenvalue weighted by molar-refractivity contribution is 5.98. The summed E-state index contributed by atoms with van der Waals surface area (Å²) < 4.78 is 5.25. The van der Waals surface area contributed by atoms with Gasteiger partial charge in [0, 0.05) is 23.9 Å². The zero-order valence-corrected chi connectivity index (χ0v) is 13.4. The molecule has 0 amide bonds. The summed E-state index contributed by atoms with van der Waals surface area (Å²) in [6, 6.07) is 8.54. The molecule has 0 unspecified atom stereocenters. The van der Waals surface area contributed by atoms with Crippen molar-refractivity contribution in [1.82, 2.24) is 9.97 Å². The van der Waals surface area contributed by atoms with E-state index in [0.29, 0.717) is 11.1 Å². The molecular formula is C19H14N2O4. The Hall–Kier alpha value is -3.28. The number of carbonyl (C=O) groups excluding carboxylic acids is 2. The number of aromatic nitrogens is 2. The highest BCUT2D eigenvalue weighted by Crippen LogP contribution is 2.45. The molecular weight excluding hydrogens is 320 g/mol. The molecule has 1 aliphatic rings. The normalized spacial score (nSPS) is 16.4. The first kappa shape index (κ1) is 15.3. The van der Waals surface area contributed by atoms with E-state index in [9.17, 15) is 14.7 Å². The van der Waals surface area contributed by atoms with E-state index in [-0.39, 0.29) is 35.2 Å². The lowest BCUT2D eigenvalue weighted by atomic mass is 9.84. The molecule has 0 spiro atoms. The van der Waals surface area contributed by atoms with Gasteiger partial charge in [0.15, 0.2) is 5.78 Å². The number of hydrogen-bond acceptors (Lipinski definition) is 6. The summed E-state index contributed by atoms with van der Waals surface area (Å²) in [6.07, 6.45) is 3.29. The summed E-state index contributed by atoms with van der Waals surface area (Å²) in [7, 11) is 0. The molecule has 1 aliphatic heterocycles. The number of aromatic hydroxyl groups is 1. The quantitative estimate of drug-likeness (QED) is 0.440. The Balaban J connectivity index is 1.92. The number of rotatable bonds is 2. The Labute approximate surface area is 143 Å². The third kappa shape index (κ3) is 2.52. The van der Waals surface area contributed by atoms with E-state index in [1.165, 1.54) is 13.0 Å². The average Bonchev–Trinajstić information content (AvgIpc) is 2.60. The Kier molecular flexibility index (Phi) is 3.46. The Morgan fingerprint density at radius 3 is 2.68 bits per heavy atom. The number of carbonyl (C=O) groups is 2. The standard InChI is InChI=1S/C19H14N2O4/c1-10(22)12-3-5-16-18(19(12)24)13(9-17(23)25-16)11-2-4-14-15(8-11)21-7-6-20-14/h2-8,13,24H,9H2,1H3/t13-/m1/s1. The van der Waals surface area contributed by atoms with Crippen LogP contribution in [0.1, 0.15) is 40.7 Å². The van der Waals surface area contributed by atoms with E-state index >= 15 is 0 Å². The van der Waals surface area contributed by atoms with E-state index in [2.05, 4.69) is 9.97 Å². The molecule has 0 saturated carbocycles. The van der Waals surface area contributed by atoms with Gasteiger partial charge in [-0.3, -0.25) is 19.6 Å². The summed E-state index contributed by atoms with van der Waals surface area (Å²) in [5.41, 5.74) is 2.91. The van der Waals surface area contributed by atoms with Crippen LogP contribution in [-0.4, -0.2) is 26.8 Å². The first-order valence-corrected chi connectivity index (χ1v) is 7.82. The van der Waals surface area contributed by atoms with Crippen LogP contribution in [0.25, 0.3) is 11.0 Å². The van der Waals surface area contributed by atoms with Crippen molar-refractivity contribution in [3.05, 3.63) is 59.4 Å². The fourth-order valence-corrected chi connectivity index (χ4v) is 3.21. The van der Waals surface area contributed by atoms with Crippen molar-refractivity contribution in [3.63, 3.8) is 0 Å². The van der Waals surface area contributed by atoms with Gasteiger partial charge in [0.25, 0.3) is 0 Å². The maximum Gasteiger partial charge on any atom is 0.312 e. The SMILES string of the molecule is CC(=O)c1ccc2c(c1O)[C@@H](c1ccc3nccnc3c1)CC(=O)O2. The number of esters is 1. The van der Waals surface area contributed by atoms with Crippen molar-refractivity contribution in [2.75, 3.05) is 0 Å². The lowest BCUT2D eigenvalue weighted by molar-refractivity contribution is -0.135. The molecule has 2 heterocycles. The average molecular weight is 334 g/mol. The van der Waals surface area contributed by atoms with E-state index in [1.807, 2.05) is 18.2 Å². The van der Waals surface area contributed by atoms with Gasteiger partial charge in [-0.1, -0.05) is 6.07 Å². The smallest absolute Gasteiger partial charge is 0.312 e. The molecule has 0 radical (unpaired) electrons. The fraction of sp³-hybridized carbons (Fsp3) is 0.158. The van der Waals surface area contributed by atoms with Gasteiger partial charge in [0.1, 0.15) is 11.5 Å². The van der Waals surface area contributed by atoms with Gasteiger partial charge in [-0.2, -0.15) is 0 Å². The van der Waals surface area contributed by atoms with Gasteiger partial charge in [-0.05, 0) is 36.8 Å².